The van der Waals surface area contributed by atoms with Crippen molar-refractivity contribution in [2.45, 2.75) is 70.9 Å². The van der Waals surface area contributed by atoms with Crippen LogP contribution in [0.5, 0.6) is 0 Å². The van der Waals surface area contributed by atoms with Crippen LogP contribution in [-0.2, 0) is 0 Å². The molecule has 2 aliphatic heterocycles. The van der Waals surface area contributed by atoms with Gasteiger partial charge in [0.25, 0.3) is 5.91 Å². The van der Waals surface area contributed by atoms with Gasteiger partial charge in [-0.05, 0) is 64.0 Å². The average Bonchev–Trinajstić information content (AvgIpc) is 3.10. The molecule has 1 amide bonds. The molecule has 0 saturated carbocycles. The molecule has 25 heavy (non-hydrogen) atoms. The van der Waals surface area contributed by atoms with E-state index in [0.29, 0.717) is 23.7 Å². The van der Waals surface area contributed by atoms with E-state index in [0.717, 1.165) is 51.7 Å². The Bertz CT molecular complexity index is 541. The molecule has 0 aromatic carbocycles. The van der Waals surface area contributed by atoms with Gasteiger partial charge >= 0.3 is 0 Å². The molecule has 2 aliphatic rings. The van der Waals surface area contributed by atoms with Crippen molar-refractivity contribution in [2.75, 3.05) is 19.6 Å². The number of aromatic nitrogens is 3. The third-order valence-corrected chi connectivity index (χ3v) is 5.38. The molecule has 1 aromatic heterocycles. The van der Waals surface area contributed by atoms with Crippen LogP contribution < -0.4 is 5.32 Å². The van der Waals surface area contributed by atoms with Gasteiger partial charge in [-0.25, -0.2) is 4.68 Å². The number of likely N-dealkylation sites (tertiary alicyclic amines) is 1. The Kier molecular flexibility index (Phi) is 7.69. The zero-order valence-electron chi connectivity index (χ0n) is 15.5. The van der Waals surface area contributed by atoms with Crippen LogP contribution in [0.3, 0.4) is 0 Å². The topological polar surface area (TPSA) is 63.1 Å². The average molecular weight is 370 g/mol. The fraction of sp³-hybridized carbons (Fsp3) is 0.833. The second-order valence-corrected chi connectivity index (χ2v) is 7.68. The summed E-state index contributed by atoms with van der Waals surface area (Å²) in [5, 5.41) is 11.8. The second-order valence-electron chi connectivity index (χ2n) is 7.68. The number of amides is 1. The van der Waals surface area contributed by atoms with Gasteiger partial charge in [0.05, 0.1) is 12.2 Å². The number of nitrogens with zero attached hydrogens (tertiary/aromatic N) is 4. The quantitative estimate of drug-likeness (QED) is 0.866. The van der Waals surface area contributed by atoms with Crippen LogP contribution >= 0.6 is 12.4 Å². The fourth-order valence-electron chi connectivity index (χ4n) is 3.87. The van der Waals surface area contributed by atoms with Gasteiger partial charge < -0.3 is 10.2 Å². The Labute approximate surface area is 157 Å². The van der Waals surface area contributed by atoms with E-state index in [-0.39, 0.29) is 18.3 Å². The van der Waals surface area contributed by atoms with Crippen molar-refractivity contribution in [2.24, 2.45) is 5.92 Å². The largest absolute Gasteiger partial charge is 0.334 e. The molecule has 0 aliphatic carbocycles. The summed E-state index contributed by atoms with van der Waals surface area (Å²) in [6.45, 7) is 7.38. The molecule has 3 rings (SSSR count). The number of carbonyl (C=O) groups is 1. The summed E-state index contributed by atoms with van der Waals surface area (Å²) >= 11 is 0. The van der Waals surface area contributed by atoms with E-state index in [1.54, 1.807) is 0 Å². The number of hydrogen-bond donors (Lipinski definition) is 1. The Hall–Kier alpha value is -1.14. The smallest absolute Gasteiger partial charge is 0.276 e. The molecule has 1 N–H and O–H groups in total. The highest BCUT2D eigenvalue weighted by molar-refractivity contribution is 5.92. The molecule has 2 fully saturated rings. The first-order valence-corrected chi connectivity index (χ1v) is 9.58. The van der Waals surface area contributed by atoms with Crippen molar-refractivity contribution >= 4 is 18.3 Å². The Morgan fingerprint density at radius 2 is 2.04 bits per heavy atom. The monoisotopic (exact) mass is 369 g/mol. The van der Waals surface area contributed by atoms with Gasteiger partial charge in [-0.15, -0.1) is 17.5 Å². The van der Waals surface area contributed by atoms with Gasteiger partial charge in [-0.2, -0.15) is 0 Å². The zero-order chi connectivity index (χ0) is 16.9. The Morgan fingerprint density at radius 3 is 2.76 bits per heavy atom. The van der Waals surface area contributed by atoms with Crippen LogP contribution in [0.25, 0.3) is 0 Å². The first-order chi connectivity index (χ1) is 11.6. The minimum absolute atomic E-state index is 0. The molecule has 1 aromatic rings. The standard InChI is InChI=1S/C18H31N5O.ClH/c1-14(2)6-7-15-5-3-4-12-22(15)18(24)17-13-23(21-20-17)16-8-10-19-11-9-16;/h13-16,19H,3-12H2,1-2H3;1H. The van der Waals surface area contributed by atoms with Crippen LogP contribution in [0.4, 0.5) is 0 Å². The van der Waals surface area contributed by atoms with Gasteiger partial charge in [-0.3, -0.25) is 4.79 Å². The van der Waals surface area contributed by atoms with E-state index >= 15 is 0 Å². The number of halogens is 1. The van der Waals surface area contributed by atoms with E-state index in [2.05, 4.69) is 34.4 Å². The van der Waals surface area contributed by atoms with Gasteiger partial charge in [-0.1, -0.05) is 19.1 Å². The number of carbonyl (C=O) groups excluding carboxylic acids is 1. The van der Waals surface area contributed by atoms with Crippen molar-refractivity contribution in [1.82, 2.24) is 25.2 Å². The van der Waals surface area contributed by atoms with Gasteiger partial charge in [0.1, 0.15) is 0 Å². The molecule has 0 spiro atoms. The second kappa shape index (κ2) is 9.53. The summed E-state index contributed by atoms with van der Waals surface area (Å²) < 4.78 is 1.90. The lowest BCUT2D eigenvalue weighted by atomic mass is 9.94. The Balaban J connectivity index is 0.00000225. The first kappa shape index (κ1) is 20.2. The van der Waals surface area contributed by atoms with E-state index in [4.69, 9.17) is 0 Å². The summed E-state index contributed by atoms with van der Waals surface area (Å²) in [6.07, 6.45) is 9.71. The van der Waals surface area contributed by atoms with E-state index in [1.807, 2.05) is 10.9 Å². The molecule has 0 bridgehead atoms. The molecule has 6 nitrogen and oxygen atoms in total. The van der Waals surface area contributed by atoms with Gasteiger partial charge in [0, 0.05) is 12.6 Å². The first-order valence-electron chi connectivity index (χ1n) is 9.58. The van der Waals surface area contributed by atoms with Crippen molar-refractivity contribution in [3.05, 3.63) is 11.9 Å². The normalized spacial score (nSPS) is 22.0. The fourth-order valence-corrected chi connectivity index (χ4v) is 3.87. The lowest BCUT2D eigenvalue weighted by molar-refractivity contribution is 0.0587. The van der Waals surface area contributed by atoms with Gasteiger partial charge in [0.2, 0.25) is 0 Å². The maximum absolute atomic E-state index is 12.9. The maximum Gasteiger partial charge on any atom is 0.276 e. The number of piperidine rings is 2. The van der Waals surface area contributed by atoms with Crippen LogP contribution in [0.15, 0.2) is 6.20 Å². The highest BCUT2D eigenvalue weighted by atomic mass is 35.5. The molecule has 1 unspecified atom stereocenters. The molecule has 0 radical (unpaired) electrons. The molecular weight excluding hydrogens is 338 g/mol. The molecule has 7 heteroatoms. The molecule has 2 saturated heterocycles. The minimum Gasteiger partial charge on any atom is -0.334 e. The van der Waals surface area contributed by atoms with Crippen LogP contribution in [0.1, 0.15) is 75.3 Å². The molecular formula is C18H32ClN5O. The van der Waals surface area contributed by atoms with Gasteiger partial charge in [0.15, 0.2) is 5.69 Å². The third kappa shape index (κ3) is 5.17. The lowest BCUT2D eigenvalue weighted by Gasteiger charge is -2.35. The predicted octanol–water partition coefficient (Wildman–Crippen LogP) is 3.06. The highest BCUT2D eigenvalue weighted by Gasteiger charge is 2.29. The summed E-state index contributed by atoms with van der Waals surface area (Å²) in [7, 11) is 0. The number of rotatable bonds is 5. The van der Waals surface area contributed by atoms with Crippen molar-refractivity contribution in [3.63, 3.8) is 0 Å². The maximum atomic E-state index is 12.9. The highest BCUT2D eigenvalue weighted by Crippen LogP contribution is 2.24. The van der Waals surface area contributed by atoms with E-state index in [9.17, 15) is 4.79 Å². The Morgan fingerprint density at radius 1 is 1.28 bits per heavy atom. The molecule has 142 valence electrons. The lowest BCUT2D eigenvalue weighted by Crippen LogP contribution is -2.44. The van der Waals surface area contributed by atoms with Crippen LogP contribution in [0.2, 0.25) is 0 Å². The summed E-state index contributed by atoms with van der Waals surface area (Å²) in [5.74, 6) is 0.758. The predicted molar refractivity (Wildman–Crippen MR) is 101 cm³/mol. The number of nitrogens with one attached hydrogen (secondary N) is 1. The van der Waals surface area contributed by atoms with E-state index < -0.39 is 0 Å². The van der Waals surface area contributed by atoms with E-state index in [1.165, 1.54) is 12.8 Å². The molecule has 3 heterocycles. The van der Waals surface area contributed by atoms with Crippen LogP contribution in [0, 0.1) is 5.92 Å². The summed E-state index contributed by atoms with van der Waals surface area (Å²) in [5.41, 5.74) is 0.518. The van der Waals surface area contributed by atoms with Crippen molar-refractivity contribution in [1.29, 1.82) is 0 Å². The van der Waals surface area contributed by atoms with Crippen molar-refractivity contribution in [3.8, 4) is 0 Å². The number of hydrogen-bond acceptors (Lipinski definition) is 4. The SMILES string of the molecule is CC(C)CCC1CCCCN1C(=O)c1cn(C2CCNCC2)nn1.Cl. The summed E-state index contributed by atoms with van der Waals surface area (Å²) in [6, 6.07) is 0.746. The van der Waals surface area contributed by atoms with Crippen molar-refractivity contribution < 1.29 is 4.79 Å². The summed E-state index contributed by atoms with van der Waals surface area (Å²) in [4.78, 5) is 15.0. The zero-order valence-corrected chi connectivity index (χ0v) is 16.3. The third-order valence-electron chi connectivity index (χ3n) is 5.38. The van der Waals surface area contributed by atoms with Crippen LogP contribution in [-0.4, -0.2) is 51.5 Å². The molecule has 1 atom stereocenters. The minimum atomic E-state index is 0.